The van der Waals surface area contributed by atoms with Gasteiger partial charge >= 0.3 is 0 Å². The summed E-state index contributed by atoms with van der Waals surface area (Å²) in [5.74, 6) is -1.30. The Hall–Kier alpha value is -2.15. The lowest BCUT2D eigenvalue weighted by Gasteiger charge is -2.05. The predicted octanol–water partition coefficient (Wildman–Crippen LogP) is -1.60. The minimum Gasteiger partial charge on any atom is -0.381 e. The van der Waals surface area contributed by atoms with Crippen molar-refractivity contribution in [2.75, 3.05) is 6.54 Å². The van der Waals surface area contributed by atoms with Crippen molar-refractivity contribution in [3.05, 3.63) is 24.0 Å². The van der Waals surface area contributed by atoms with Crippen molar-refractivity contribution in [1.82, 2.24) is 15.1 Å². The molecule has 0 aliphatic rings. The molecule has 2 amide bonds. The van der Waals surface area contributed by atoms with Crippen LogP contribution in [0.2, 0.25) is 0 Å². The molecule has 7 nitrogen and oxygen atoms in total. The average Bonchev–Trinajstić information content (AvgIpc) is 2.68. The number of nitrogens with one attached hydrogen (secondary N) is 1. The third-order valence-electron chi connectivity index (χ3n) is 2.06. The number of hydrogen-bond acceptors (Lipinski definition) is 4. The summed E-state index contributed by atoms with van der Waals surface area (Å²) >= 11 is 0. The fraction of sp³-hybridized carbons (Fsp3) is 0.300. The number of primary amides is 1. The average molecular weight is 238 g/mol. The zero-order valence-corrected chi connectivity index (χ0v) is 9.33. The third-order valence-corrected chi connectivity index (χ3v) is 2.06. The summed E-state index contributed by atoms with van der Waals surface area (Å²) in [7, 11) is 1.74. The summed E-state index contributed by atoms with van der Waals surface area (Å²) in [5.41, 5.74) is 5.58. The zero-order chi connectivity index (χ0) is 12.8. The maximum Gasteiger partial charge on any atom is 0.248 e. The molecule has 0 aliphatic carbocycles. The van der Waals surface area contributed by atoms with Crippen LogP contribution in [0.25, 0.3) is 6.08 Å². The Morgan fingerprint density at radius 1 is 1.71 bits per heavy atom. The summed E-state index contributed by atoms with van der Waals surface area (Å²) < 4.78 is 1.60. The van der Waals surface area contributed by atoms with E-state index in [1.807, 2.05) is 0 Å². The molecule has 0 aromatic carbocycles. The number of aromatic nitrogens is 2. The number of amides is 2. The van der Waals surface area contributed by atoms with Gasteiger partial charge in [0.25, 0.3) is 0 Å². The lowest BCUT2D eigenvalue weighted by molar-refractivity contribution is -0.126. The van der Waals surface area contributed by atoms with Gasteiger partial charge in [-0.2, -0.15) is 5.10 Å². The van der Waals surface area contributed by atoms with E-state index in [2.05, 4.69) is 10.4 Å². The number of rotatable bonds is 5. The Balaban J connectivity index is 2.43. The first kappa shape index (κ1) is 12.9. The molecule has 0 radical (unpaired) electrons. The van der Waals surface area contributed by atoms with Crippen molar-refractivity contribution in [2.45, 2.75) is 6.10 Å². The van der Waals surface area contributed by atoms with Crippen LogP contribution in [0, 0.1) is 0 Å². The molecule has 1 aromatic heterocycles. The Morgan fingerprint density at radius 3 is 2.94 bits per heavy atom. The van der Waals surface area contributed by atoms with Crippen LogP contribution in [0.1, 0.15) is 5.69 Å². The van der Waals surface area contributed by atoms with Gasteiger partial charge in [0.05, 0.1) is 12.2 Å². The van der Waals surface area contributed by atoms with Gasteiger partial charge in [0, 0.05) is 19.3 Å². The quantitative estimate of drug-likeness (QED) is 0.536. The zero-order valence-electron chi connectivity index (χ0n) is 9.33. The molecule has 4 N–H and O–H groups in total. The topological polar surface area (TPSA) is 110 Å². The smallest absolute Gasteiger partial charge is 0.248 e. The molecule has 0 saturated carbocycles. The number of aliphatic hydroxyl groups is 1. The lowest BCUT2D eigenvalue weighted by atomic mass is 10.3. The van der Waals surface area contributed by atoms with Gasteiger partial charge in [0.15, 0.2) is 0 Å². The molecule has 1 heterocycles. The van der Waals surface area contributed by atoms with Crippen LogP contribution >= 0.6 is 0 Å². The summed E-state index contributed by atoms with van der Waals surface area (Å²) in [6.07, 6.45) is 3.09. The highest BCUT2D eigenvalue weighted by molar-refractivity contribution is 5.92. The largest absolute Gasteiger partial charge is 0.381 e. The fourth-order valence-corrected chi connectivity index (χ4v) is 1.07. The van der Waals surface area contributed by atoms with Gasteiger partial charge in [-0.1, -0.05) is 0 Å². The number of aliphatic hydroxyl groups excluding tert-OH is 1. The number of hydrogen-bond donors (Lipinski definition) is 3. The van der Waals surface area contributed by atoms with Gasteiger partial charge in [-0.25, -0.2) is 0 Å². The highest BCUT2D eigenvalue weighted by Gasteiger charge is 2.10. The normalized spacial score (nSPS) is 12.6. The minimum absolute atomic E-state index is 0.204. The molecule has 1 unspecified atom stereocenters. The lowest BCUT2D eigenvalue weighted by Crippen LogP contribution is -2.39. The van der Waals surface area contributed by atoms with Crippen LogP contribution in [0.3, 0.4) is 0 Å². The molecule has 0 fully saturated rings. The molecule has 0 aliphatic heterocycles. The minimum atomic E-state index is -1.37. The van der Waals surface area contributed by atoms with Crippen LogP contribution < -0.4 is 11.1 Å². The third kappa shape index (κ3) is 4.07. The van der Waals surface area contributed by atoms with Crippen LogP contribution in [-0.2, 0) is 16.6 Å². The first-order valence-corrected chi connectivity index (χ1v) is 4.92. The van der Waals surface area contributed by atoms with E-state index in [1.165, 1.54) is 6.08 Å². The molecule has 0 bridgehead atoms. The summed E-state index contributed by atoms with van der Waals surface area (Å²) in [5, 5.41) is 15.3. The Bertz CT molecular complexity index is 439. The van der Waals surface area contributed by atoms with Crippen molar-refractivity contribution in [3.8, 4) is 0 Å². The molecule has 92 valence electrons. The number of nitrogens with zero attached hydrogens (tertiary/aromatic N) is 2. The Morgan fingerprint density at radius 2 is 2.41 bits per heavy atom. The van der Waals surface area contributed by atoms with E-state index in [9.17, 15) is 9.59 Å². The highest BCUT2D eigenvalue weighted by atomic mass is 16.3. The molecule has 1 aromatic rings. The van der Waals surface area contributed by atoms with Gasteiger partial charge in [-0.3, -0.25) is 14.3 Å². The van der Waals surface area contributed by atoms with E-state index in [1.54, 1.807) is 30.1 Å². The standard InChI is InChI=1S/C10H14N4O3/c1-14-7(4-5-13-14)2-3-9(16)12-6-8(15)10(11)17/h2-5,8,15H,6H2,1H3,(H2,11,17)(H,12,16)/b3-2+. The molecule has 0 saturated heterocycles. The van der Waals surface area contributed by atoms with Crippen LogP contribution in [-0.4, -0.2) is 39.4 Å². The molecular weight excluding hydrogens is 224 g/mol. The maximum atomic E-state index is 11.3. The van der Waals surface area contributed by atoms with Gasteiger partial charge in [0.1, 0.15) is 6.10 Å². The first-order valence-electron chi connectivity index (χ1n) is 4.92. The van der Waals surface area contributed by atoms with Crippen LogP contribution in [0.5, 0.6) is 0 Å². The van der Waals surface area contributed by atoms with Gasteiger partial charge in [-0.05, 0) is 12.1 Å². The summed E-state index contributed by atoms with van der Waals surface area (Å²) in [6.45, 7) is -0.204. The number of aryl methyl sites for hydroxylation is 1. The number of carbonyl (C=O) groups excluding carboxylic acids is 2. The van der Waals surface area contributed by atoms with Crippen molar-refractivity contribution < 1.29 is 14.7 Å². The molecule has 17 heavy (non-hydrogen) atoms. The maximum absolute atomic E-state index is 11.3. The molecule has 0 spiro atoms. The highest BCUT2D eigenvalue weighted by Crippen LogP contribution is 1.98. The molecule has 1 rings (SSSR count). The Labute approximate surface area is 97.9 Å². The van der Waals surface area contributed by atoms with E-state index < -0.39 is 17.9 Å². The fourth-order valence-electron chi connectivity index (χ4n) is 1.07. The second kappa shape index (κ2) is 5.80. The van der Waals surface area contributed by atoms with E-state index in [0.29, 0.717) is 0 Å². The van der Waals surface area contributed by atoms with Crippen molar-refractivity contribution in [2.24, 2.45) is 12.8 Å². The van der Waals surface area contributed by atoms with Crippen molar-refractivity contribution in [1.29, 1.82) is 0 Å². The van der Waals surface area contributed by atoms with Gasteiger partial charge in [0.2, 0.25) is 11.8 Å². The van der Waals surface area contributed by atoms with Gasteiger partial charge < -0.3 is 16.2 Å². The molecule has 1 atom stereocenters. The van der Waals surface area contributed by atoms with Crippen LogP contribution in [0.4, 0.5) is 0 Å². The van der Waals surface area contributed by atoms with Crippen LogP contribution in [0.15, 0.2) is 18.3 Å². The first-order chi connectivity index (χ1) is 8.00. The monoisotopic (exact) mass is 238 g/mol. The number of nitrogens with two attached hydrogens (primary N) is 1. The van der Waals surface area contributed by atoms with E-state index in [4.69, 9.17) is 10.8 Å². The van der Waals surface area contributed by atoms with E-state index in [-0.39, 0.29) is 6.54 Å². The van der Waals surface area contributed by atoms with Crippen molar-refractivity contribution >= 4 is 17.9 Å². The Kier molecular flexibility index (Phi) is 4.41. The van der Waals surface area contributed by atoms with E-state index >= 15 is 0 Å². The molecular formula is C10H14N4O3. The molecule has 7 heteroatoms. The number of carbonyl (C=O) groups is 2. The predicted molar refractivity (Wildman–Crippen MR) is 60.5 cm³/mol. The second-order valence-corrected chi connectivity index (χ2v) is 3.38. The van der Waals surface area contributed by atoms with Gasteiger partial charge in [-0.15, -0.1) is 0 Å². The SMILES string of the molecule is Cn1nccc1/C=C/C(=O)NCC(O)C(N)=O. The summed E-state index contributed by atoms with van der Waals surface area (Å²) in [6, 6.07) is 1.74. The van der Waals surface area contributed by atoms with Crippen molar-refractivity contribution in [3.63, 3.8) is 0 Å². The second-order valence-electron chi connectivity index (χ2n) is 3.38. The summed E-state index contributed by atoms with van der Waals surface area (Å²) in [4.78, 5) is 21.8. The van der Waals surface area contributed by atoms with E-state index in [0.717, 1.165) is 5.69 Å².